The smallest absolute Gasteiger partial charge is 0.276 e. The minimum Gasteiger partial charge on any atom is -0.378 e. The van der Waals surface area contributed by atoms with E-state index in [1.165, 1.54) is 12.1 Å². The molecule has 1 aromatic heterocycles. The fourth-order valence-electron chi connectivity index (χ4n) is 1.91. The fourth-order valence-corrected chi connectivity index (χ4v) is 1.91. The van der Waals surface area contributed by atoms with Crippen LogP contribution < -0.4 is 10.2 Å². The highest BCUT2D eigenvalue weighted by Crippen LogP contribution is 2.23. The lowest BCUT2D eigenvalue weighted by Crippen LogP contribution is -2.36. The molecule has 19 heavy (non-hydrogen) atoms. The molecule has 0 unspecified atom stereocenters. The molecule has 7 nitrogen and oxygen atoms in total. The van der Waals surface area contributed by atoms with Crippen LogP contribution in [0.1, 0.15) is 13.3 Å². The molecule has 0 aliphatic carbocycles. The molecule has 0 spiro atoms. The van der Waals surface area contributed by atoms with E-state index in [4.69, 9.17) is 4.74 Å². The third-order valence-electron chi connectivity index (χ3n) is 2.90. The van der Waals surface area contributed by atoms with Crippen molar-refractivity contribution in [3.05, 3.63) is 22.2 Å². The summed E-state index contributed by atoms with van der Waals surface area (Å²) in [4.78, 5) is 17.0. The molecule has 0 saturated carbocycles. The summed E-state index contributed by atoms with van der Waals surface area (Å²) in [6.45, 7) is 5.46. The lowest BCUT2D eigenvalue weighted by molar-refractivity contribution is -0.384. The zero-order chi connectivity index (χ0) is 13.7. The van der Waals surface area contributed by atoms with Crippen molar-refractivity contribution in [1.82, 2.24) is 4.98 Å². The van der Waals surface area contributed by atoms with Crippen LogP contribution in [0, 0.1) is 10.1 Å². The summed E-state index contributed by atoms with van der Waals surface area (Å²) in [6.07, 6.45) is 0.942. The van der Waals surface area contributed by atoms with Gasteiger partial charge in [0.1, 0.15) is 11.6 Å². The van der Waals surface area contributed by atoms with Crippen molar-refractivity contribution in [2.24, 2.45) is 0 Å². The number of anilines is 2. The largest absolute Gasteiger partial charge is 0.378 e. The summed E-state index contributed by atoms with van der Waals surface area (Å²) in [5.74, 6) is 1.19. The summed E-state index contributed by atoms with van der Waals surface area (Å²) < 4.78 is 5.28. The van der Waals surface area contributed by atoms with Crippen molar-refractivity contribution in [3.63, 3.8) is 0 Å². The molecule has 1 aromatic rings. The van der Waals surface area contributed by atoms with Gasteiger partial charge >= 0.3 is 0 Å². The van der Waals surface area contributed by atoms with Gasteiger partial charge in [0.05, 0.1) is 30.3 Å². The second-order valence-electron chi connectivity index (χ2n) is 4.35. The first kappa shape index (κ1) is 13.5. The van der Waals surface area contributed by atoms with E-state index < -0.39 is 0 Å². The first-order chi connectivity index (χ1) is 9.20. The Morgan fingerprint density at radius 1 is 1.47 bits per heavy atom. The SMILES string of the molecule is CCCNc1cc([N+](=O)[O-])cc(N2CCOCC2)n1. The quantitative estimate of drug-likeness (QED) is 0.644. The van der Waals surface area contributed by atoms with E-state index in [-0.39, 0.29) is 10.6 Å². The zero-order valence-corrected chi connectivity index (χ0v) is 11.0. The van der Waals surface area contributed by atoms with E-state index in [2.05, 4.69) is 10.3 Å². The van der Waals surface area contributed by atoms with Crippen LogP contribution in [0.4, 0.5) is 17.3 Å². The lowest BCUT2D eigenvalue weighted by atomic mass is 10.3. The molecule has 0 amide bonds. The average Bonchev–Trinajstić information content (AvgIpc) is 2.45. The Labute approximate surface area is 111 Å². The van der Waals surface area contributed by atoms with E-state index in [1.54, 1.807) is 0 Å². The van der Waals surface area contributed by atoms with Gasteiger partial charge in [-0.3, -0.25) is 10.1 Å². The Morgan fingerprint density at radius 3 is 2.84 bits per heavy atom. The predicted octanol–water partition coefficient (Wildman–Crippen LogP) is 1.65. The van der Waals surface area contributed by atoms with Crippen LogP contribution in [-0.2, 0) is 4.74 Å². The number of nitrogens with zero attached hydrogens (tertiary/aromatic N) is 3. The van der Waals surface area contributed by atoms with Crippen molar-refractivity contribution in [2.45, 2.75) is 13.3 Å². The topological polar surface area (TPSA) is 80.5 Å². The maximum absolute atomic E-state index is 11.0. The van der Waals surface area contributed by atoms with E-state index in [0.29, 0.717) is 37.9 Å². The Bertz CT molecular complexity index is 447. The first-order valence-corrected chi connectivity index (χ1v) is 6.43. The van der Waals surface area contributed by atoms with Crippen molar-refractivity contribution in [2.75, 3.05) is 43.1 Å². The number of hydrogen-bond acceptors (Lipinski definition) is 6. The molecule has 0 atom stereocenters. The van der Waals surface area contributed by atoms with Crippen LogP contribution in [-0.4, -0.2) is 42.8 Å². The Balaban J connectivity index is 2.24. The van der Waals surface area contributed by atoms with Gasteiger partial charge in [-0.15, -0.1) is 0 Å². The van der Waals surface area contributed by atoms with Crippen molar-refractivity contribution in [3.8, 4) is 0 Å². The average molecular weight is 266 g/mol. The highest BCUT2D eigenvalue weighted by molar-refractivity contribution is 5.56. The molecule has 104 valence electrons. The molecule has 1 saturated heterocycles. The van der Waals surface area contributed by atoms with Crippen molar-refractivity contribution < 1.29 is 9.66 Å². The van der Waals surface area contributed by atoms with Gasteiger partial charge in [0.2, 0.25) is 0 Å². The second kappa shape index (κ2) is 6.33. The molecule has 1 N–H and O–H groups in total. The second-order valence-corrected chi connectivity index (χ2v) is 4.35. The maximum atomic E-state index is 11.0. The van der Waals surface area contributed by atoms with Gasteiger partial charge in [0.15, 0.2) is 0 Å². The molecule has 2 rings (SSSR count). The number of aromatic nitrogens is 1. The van der Waals surface area contributed by atoms with Gasteiger partial charge in [-0.2, -0.15) is 0 Å². The lowest BCUT2D eigenvalue weighted by Gasteiger charge is -2.27. The molecule has 1 fully saturated rings. The standard InChI is InChI=1S/C12H18N4O3/c1-2-3-13-11-8-10(16(17)18)9-12(14-11)15-4-6-19-7-5-15/h8-9H,2-7H2,1H3,(H,13,14). The van der Waals surface area contributed by atoms with Crippen LogP contribution in [0.3, 0.4) is 0 Å². The number of nitro groups is 1. The Morgan fingerprint density at radius 2 is 2.21 bits per heavy atom. The van der Waals surface area contributed by atoms with E-state index >= 15 is 0 Å². The van der Waals surface area contributed by atoms with Crippen LogP contribution >= 0.6 is 0 Å². The van der Waals surface area contributed by atoms with E-state index in [1.807, 2.05) is 11.8 Å². The Kier molecular flexibility index (Phi) is 4.51. The molecule has 0 bridgehead atoms. The van der Waals surface area contributed by atoms with E-state index in [0.717, 1.165) is 13.0 Å². The maximum Gasteiger partial charge on any atom is 0.276 e. The molecule has 0 radical (unpaired) electrons. The third kappa shape index (κ3) is 3.54. The molecule has 7 heteroatoms. The number of nitrogens with one attached hydrogen (secondary N) is 1. The summed E-state index contributed by atoms with van der Waals surface area (Å²) in [7, 11) is 0. The van der Waals surface area contributed by atoms with Gasteiger partial charge in [0.25, 0.3) is 5.69 Å². The number of hydrogen-bond donors (Lipinski definition) is 1. The van der Waals surface area contributed by atoms with Gasteiger partial charge in [0, 0.05) is 19.6 Å². The predicted molar refractivity (Wildman–Crippen MR) is 72.7 cm³/mol. The van der Waals surface area contributed by atoms with Crippen LogP contribution in [0.5, 0.6) is 0 Å². The first-order valence-electron chi connectivity index (χ1n) is 6.43. The van der Waals surface area contributed by atoms with Gasteiger partial charge < -0.3 is 15.0 Å². The number of ether oxygens (including phenoxy) is 1. The number of pyridine rings is 1. The molecule has 2 heterocycles. The minimum atomic E-state index is -0.386. The zero-order valence-electron chi connectivity index (χ0n) is 11.0. The van der Waals surface area contributed by atoms with E-state index in [9.17, 15) is 10.1 Å². The summed E-state index contributed by atoms with van der Waals surface area (Å²) >= 11 is 0. The summed E-state index contributed by atoms with van der Waals surface area (Å²) in [5, 5.41) is 14.1. The monoisotopic (exact) mass is 266 g/mol. The summed E-state index contributed by atoms with van der Waals surface area (Å²) in [5.41, 5.74) is 0.0649. The highest BCUT2D eigenvalue weighted by atomic mass is 16.6. The molecular formula is C12H18N4O3. The van der Waals surface area contributed by atoms with Crippen LogP contribution in [0.25, 0.3) is 0 Å². The van der Waals surface area contributed by atoms with Crippen LogP contribution in [0.15, 0.2) is 12.1 Å². The van der Waals surface area contributed by atoms with Gasteiger partial charge in [-0.1, -0.05) is 6.92 Å². The fraction of sp³-hybridized carbons (Fsp3) is 0.583. The van der Waals surface area contributed by atoms with Gasteiger partial charge in [-0.05, 0) is 6.42 Å². The molecule has 1 aliphatic heterocycles. The van der Waals surface area contributed by atoms with Crippen molar-refractivity contribution >= 4 is 17.3 Å². The summed E-state index contributed by atoms with van der Waals surface area (Å²) in [6, 6.07) is 2.99. The molecular weight excluding hydrogens is 248 g/mol. The number of rotatable bonds is 5. The van der Waals surface area contributed by atoms with Crippen LogP contribution in [0.2, 0.25) is 0 Å². The highest BCUT2D eigenvalue weighted by Gasteiger charge is 2.17. The molecule has 1 aliphatic rings. The molecule has 0 aromatic carbocycles. The van der Waals surface area contributed by atoms with Gasteiger partial charge in [-0.25, -0.2) is 4.98 Å². The van der Waals surface area contributed by atoms with Crippen molar-refractivity contribution in [1.29, 1.82) is 0 Å². The Hall–Kier alpha value is -1.89. The number of morpholine rings is 1. The normalized spacial score (nSPS) is 15.3. The third-order valence-corrected chi connectivity index (χ3v) is 2.90. The minimum absolute atomic E-state index is 0.0649.